The zero-order chi connectivity index (χ0) is 20.7. The normalized spacial score (nSPS) is 10.2. The first-order valence-corrected chi connectivity index (χ1v) is 9.44. The maximum atomic E-state index is 12.2. The number of nitrogens with zero attached hydrogens (tertiary/aromatic N) is 2. The average molecular weight is 404 g/mol. The molecular weight excluding hydrogens is 384 g/mol. The van der Waals surface area contributed by atoms with Crippen LogP contribution in [0, 0.1) is 10.1 Å². The number of carbonyl (C=O) groups is 2. The maximum Gasteiger partial charge on any atom is 0.338 e. The van der Waals surface area contributed by atoms with Gasteiger partial charge in [-0.25, -0.2) is 4.79 Å². The van der Waals surface area contributed by atoms with E-state index in [2.05, 4.69) is 0 Å². The van der Waals surface area contributed by atoms with E-state index >= 15 is 0 Å². The van der Waals surface area contributed by atoms with Gasteiger partial charge in [0.2, 0.25) is 0 Å². The van der Waals surface area contributed by atoms with Crippen molar-refractivity contribution in [1.29, 1.82) is 0 Å². The van der Waals surface area contributed by atoms with Gasteiger partial charge < -0.3 is 14.4 Å². The number of nitro benzene ring substituents is 1. The van der Waals surface area contributed by atoms with Gasteiger partial charge in [0.1, 0.15) is 5.75 Å². The highest BCUT2D eigenvalue weighted by Crippen LogP contribution is 2.28. The summed E-state index contributed by atoms with van der Waals surface area (Å²) < 4.78 is 10.1. The van der Waals surface area contributed by atoms with E-state index in [0.29, 0.717) is 17.2 Å². The molecule has 0 aliphatic carbocycles. The van der Waals surface area contributed by atoms with Gasteiger partial charge >= 0.3 is 5.97 Å². The molecule has 0 fully saturated rings. The number of hydrogen-bond acceptors (Lipinski definition) is 7. The van der Waals surface area contributed by atoms with Crippen LogP contribution in [0.1, 0.15) is 15.9 Å². The predicted molar refractivity (Wildman–Crippen MR) is 105 cm³/mol. The predicted octanol–water partition coefficient (Wildman–Crippen LogP) is 3.14. The molecule has 0 saturated heterocycles. The molecule has 28 heavy (non-hydrogen) atoms. The van der Waals surface area contributed by atoms with Crippen LogP contribution in [0.15, 0.2) is 47.4 Å². The van der Waals surface area contributed by atoms with Gasteiger partial charge in [-0.1, -0.05) is 12.1 Å². The lowest BCUT2D eigenvalue weighted by Gasteiger charge is -2.17. The molecule has 0 atom stereocenters. The lowest BCUT2D eigenvalue weighted by atomic mass is 10.2. The molecule has 2 rings (SSSR count). The third-order valence-corrected chi connectivity index (χ3v) is 4.73. The molecule has 0 N–H and O–H groups in total. The van der Waals surface area contributed by atoms with Gasteiger partial charge in [-0.3, -0.25) is 14.9 Å². The van der Waals surface area contributed by atoms with Crippen molar-refractivity contribution in [3.63, 3.8) is 0 Å². The van der Waals surface area contributed by atoms with Gasteiger partial charge in [0.25, 0.3) is 11.6 Å². The Bertz CT molecular complexity index is 869. The van der Waals surface area contributed by atoms with Crippen LogP contribution < -0.4 is 4.74 Å². The van der Waals surface area contributed by atoms with Crippen LogP contribution in [-0.2, 0) is 16.1 Å². The summed E-state index contributed by atoms with van der Waals surface area (Å²) in [6, 6.07) is 11.3. The van der Waals surface area contributed by atoms with E-state index in [1.807, 2.05) is 12.1 Å². The molecule has 0 aliphatic heterocycles. The Morgan fingerprint density at radius 3 is 2.43 bits per heavy atom. The number of likely N-dealkylation sites (N-methyl/N-ethyl adjacent to an activating group) is 1. The number of hydrogen-bond donors (Lipinski definition) is 0. The van der Waals surface area contributed by atoms with E-state index in [0.717, 1.165) is 11.6 Å². The second-order valence-corrected chi connectivity index (χ2v) is 6.67. The SMILES string of the molecule is COc1ccc(CN(C)C(=O)COC(=O)c2ccc(SC)c([N+](=O)[O-])c2)cc1. The van der Waals surface area contributed by atoms with Crippen molar-refractivity contribution >= 4 is 29.3 Å². The Morgan fingerprint density at radius 2 is 1.86 bits per heavy atom. The Labute approximate surface area is 166 Å². The fourth-order valence-corrected chi connectivity index (χ4v) is 2.92. The summed E-state index contributed by atoms with van der Waals surface area (Å²) in [7, 11) is 3.17. The molecule has 0 radical (unpaired) electrons. The number of ether oxygens (including phenoxy) is 2. The molecule has 0 heterocycles. The monoisotopic (exact) mass is 404 g/mol. The second kappa shape index (κ2) is 9.75. The summed E-state index contributed by atoms with van der Waals surface area (Å²) >= 11 is 1.21. The first-order chi connectivity index (χ1) is 13.3. The van der Waals surface area contributed by atoms with E-state index in [-0.39, 0.29) is 17.2 Å². The Kier molecular flexibility index (Phi) is 7.39. The van der Waals surface area contributed by atoms with E-state index in [4.69, 9.17) is 9.47 Å². The third kappa shape index (κ3) is 5.46. The molecule has 0 aliphatic rings. The van der Waals surface area contributed by atoms with Gasteiger partial charge in [0.05, 0.1) is 22.5 Å². The van der Waals surface area contributed by atoms with E-state index < -0.39 is 17.5 Å². The smallest absolute Gasteiger partial charge is 0.338 e. The Hall–Kier alpha value is -3.07. The molecule has 148 valence electrons. The van der Waals surface area contributed by atoms with Crippen LogP contribution in [0.5, 0.6) is 5.75 Å². The summed E-state index contributed by atoms with van der Waals surface area (Å²) in [5, 5.41) is 11.1. The van der Waals surface area contributed by atoms with E-state index in [1.165, 1.54) is 28.8 Å². The maximum absolute atomic E-state index is 12.2. The number of amides is 1. The molecule has 2 aromatic rings. The van der Waals surface area contributed by atoms with Crippen LogP contribution in [-0.4, -0.2) is 48.7 Å². The van der Waals surface area contributed by atoms with E-state index in [1.54, 1.807) is 32.5 Å². The first kappa shape index (κ1) is 21.2. The molecule has 8 nitrogen and oxygen atoms in total. The number of benzene rings is 2. The summed E-state index contributed by atoms with van der Waals surface area (Å²) in [5.41, 5.74) is 0.742. The van der Waals surface area contributed by atoms with Crippen LogP contribution >= 0.6 is 11.8 Å². The number of methoxy groups -OCH3 is 1. The highest BCUT2D eigenvalue weighted by molar-refractivity contribution is 7.98. The van der Waals surface area contributed by atoms with Crippen LogP contribution in [0.2, 0.25) is 0 Å². The topological polar surface area (TPSA) is 99.0 Å². The summed E-state index contributed by atoms with van der Waals surface area (Å²) in [5.74, 6) is -0.463. The third-order valence-electron chi connectivity index (χ3n) is 3.94. The van der Waals surface area contributed by atoms with Gasteiger partial charge in [0.15, 0.2) is 6.61 Å². The van der Waals surface area contributed by atoms with Crippen molar-refractivity contribution < 1.29 is 24.0 Å². The van der Waals surface area contributed by atoms with Gasteiger partial charge in [-0.05, 0) is 36.1 Å². The van der Waals surface area contributed by atoms with Gasteiger partial charge in [0, 0.05) is 19.7 Å². The molecule has 9 heteroatoms. The summed E-state index contributed by atoms with van der Waals surface area (Å²) in [6.45, 7) is -0.113. The highest BCUT2D eigenvalue weighted by atomic mass is 32.2. The number of carbonyl (C=O) groups excluding carboxylic acids is 2. The molecule has 0 bridgehead atoms. The fraction of sp³-hybridized carbons (Fsp3) is 0.263. The number of nitro groups is 1. The molecule has 0 aromatic heterocycles. The van der Waals surface area contributed by atoms with Crippen molar-refractivity contribution in [2.45, 2.75) is 11.4 Å². The number of thioether (sulfide) groups is 1. The first-order valence-electron chi connectivity index (χ1n) is 8.22. The highest BCUT2D eigenvalue weighted by Gasteiger charge is 2.19. The minimum absolute atomic E-state index is 0.0232. The quantitative estimate of drug-likeness (QED) is 0.288. The fourth-order valence-electron chi connectivity index (χ4n) is 2.37. The van der Waals surface area contributed by atoms with Crippen molar-refractivity contribution in [1.82, 2.24) is 4.90 Å². The van der Waals surface area contributed by atoms with Gasteiger partial charge in [-0.2, -0.15) is 0 Å². The lowest BCUT2D eigenvalue weighted by Crippen LogP contribution is -2.30. The minimum Gasteiger partial charge on any atom is -0.497 e. The molecule has 0 saturated carbocycles. The van der Waals surface area contributed by atoms with Crippen molar-refractivity contribution in [2.75, 3.05) is 27.0 Å². The van der Waals surface area contributed by atoms with Crippen molar-refractivity contribution in [3.8, 4) is 5.75 Å². The molecule has 0 spiro atoms. The van der Waals surface area contributed by atoms with Crippen LogP contribution in [0.3, 0.4) is 0 Å². The van der Waals surface area contributed by atoms with Gasteiger partial charge in [-0.15, -0.1) is 11.8 Å². The van der Waals surface area contributed by atoms with Crippen LogP contribution in [0.25, 0.3) is 0 Å². The number of esters is 1. The van der Waals surface area contributed by atoms with Crippen molar-refractivity contribution in [3.05, 3.63) is 63.7 Å². The Balaban J connectivity index is 1.94. The standard InChI is InChI=1S/C19H20N2O6S/c1-20(11-13-4-7-15(26-2)8-5-13)18(22)12-27-19(23)14-6-9-17(28-3)16(10-14)21(24)25/h4-10H,11-12H2,1-3H3. The minimum atomic E-state index is -0.790. The van der Waals surface area contributed by atoms with Crippen LogP contribution in [0.4, 0.5) is 5.69 Å². The summed E-state index contributed by atoms with van der Waals surface area (Å²) in [6.07, 6.45) is 1.71. The lowest BCUT2D eigenvalue weighted by molar-refractivity contribution is -0.387. The molecule has 1 amide bonds. The molecule has 2 aromatic carbocycles. The largest absolute Gasteiger partial charge is 0.497 e. The summed E-state index contributed by atoms with van der Waals surface area (Å²) in [4.78, 5) is 36.7. The zero-order valence-electron chi connectivity index (χ0n) is 15.7. The zero-order valence-corrected chi connectivity index (χ0v) is 16.5. The Morgan fingerprint density at radius 1 is 1.18 bits per heavy atom. The molecular formula is C19H20N2O6S. The van der Waals surface area contributed by atoms with Crippen molar-refractivity contribution in [2.24, 2.45) is 0 Å². The van der Waals surface area contributed by atoms with E-state index in [9.17, 15) is 19.7 Å². The average Bonchev–Trinajstić information content (AvgIpc) is 2.71. The molecule has 0 unspecified atom stereocenters. The number of rotatable bonds is 8. The second-order valence-electron chi connectivity index (χ2n) is 5.82.